The fourth-order valence-corrected chi connectivity index (χ4v) is 1.68. The molecule has 2 aromatic rings. The number of nitrogens with zero attached hydrogens (tertiary/aromatic N) is 1. The molecule has 0 fully saturated rings. The number of aliphatic imine (C=N–C) groups is 1. The maximum absolute atomic E-state index is 5.49. The number of hydrogen-bond donors (Lipinski definition) is 3. The van der Waals surface area contributed by atoms with Crippen molar-refractivity contribution in [1.82, 2.24) is 5.43 Å². The molecule has 0 atom stereocenters. The summed E-state index contributed by atoms with van der Waals surface area (Å²) in [4.78, 5) is 4.39. The molecule has 4 N–H and O–H groups in total. The van der Waals surface area contributed by atoms with Gasteiger partial charge in [0.15, 0.2) is 0 Å². The molecule has 0 saturated heterocycles. The van der Waals surface area contributed by atoms with Crippen molar-refractivity contribution in [3.05, 3.63) is 59.7 Å². The lowest BCUT2D eigenvalue weighted by Gasteiger charge is -2.10. The van der Waals surface area contributed by atoms with E-state index in [4.69, 9.17) is 5.84 Å². The Hall–Kier alpha value is -2.33. The highest BCUT2D eigenvalue weighted by molar-refractivity contribution is 5.94. The molecule has 0 spiro atoms. The summed E-state index contributed by atoms with van der Waals surface area (Å²) < 4.78 is 0. The van der Waals surface area contributed by atoms with Gasteiger partial charge in [-0.2, -0.15) is 0 Å². The molecule has 0 aliphatic rings. The van der Waals surface area contributed by atoms with Crippen LogP contribution in [-0.2, 0) is 0 Å². The van der Waals surface area contributed by atoms with Crippen LogP contribution in [0.4, 0.5) is 11.4 Å². The van der Waals surface area contributed by atoms with Crippen molar-refractivity contribution in [2.75, 3.05) is 5.32 Å². The third-order valence-electron chi connectivity index (χ3n) is 2.90. The summed E-state index contributed by atoms with van der Waals surface area (Å²) in [7, 11) is 0. The van der Waals surface area contributed by atoms with Gasteiger partial charge in [0.25, 0.3) is 0 Å². The normalized spacial score (nSPS) is 11.2. The zero-order chi connectivity index (χ0) is 13.7. The first kappa shape index (κ1) is 13.1. The van der Waals surface area contributed by atoms with Crippen LogP contribution in [0.15, 0.2) is 53.5 Å². The van der Waals surface area contributed by atoms with Crippen molar-refractivity contribution in [3.63, 3.8) is 0 Å². The van der Waals surface area contributed by atoms with Gasteiger partial charge in [0.2, 0.25) is 5.96 Å². The summed E-state index contributed by atoms with van der Waals surface area (Å²) in [5.74, 6) is 6.00. The average Bonchev–Trinajstić information content (AvgIpc) is 2.43. The number of anilines is 1. The number of hydrogen-bond acceptors (Lipinski definition) is 2. The van der Waals surface area contributed by atoms with E-state index in [1.807, 2.05) is 36.4 Å². The number of rotatable bonds is 2. The molecule has 98 valence electrons. The van der Waals surface area contributed by atoms with E-state index in [-0.39, 0.29) is 0 Å². The maximum atomic E-state index is 5.49. The highest BCUT2D eigenvalue weighted by Crippen LogP contribution is 2.15. The Morgan fingerprint density at radius 1 is 1.00 bits per heavy atom. The largest absolute Gasteiger partial charge is 0.325 e. The van der Waals surface area contributed by atoms with Gasteiger partial charge in [-0.15, -0.1) is 0 Å². The SMILES string of the molecule is Cc1ccc(NC(=Nc2ccccc2)NN)cc1C. The third-order valence-corrected chi connectivity index (χ3v) is 2.90. The van der Waals surface area contributed by atoms with Crippen LogP contribution >= 0.6 is 0 Å². The Kier molecular flexibility index (Phi) is 4.15. The maximum Gasteiger partial charge on any atom is 0.215 e. The number of benzene rings is 2. The van der Waals surface area contributed by atoms with Crippen LogP contribution in [-0.4, -0.2) is 5.96 Å². The summed E-state index contributed by atoms with van der Waals surface area (Å²) in [5.41, 5.74) is 6.85. The second-order valence-electron chi connectivity index (χ2n) is 4.36. The van der Waals surface area contributed by atoms with Crippen molar-refractivity contribution in [3.8, 4) is 0 Å². The lowest BCUT2D eigenvalue weighted by atomic mass is 10.1. The summed E-state index contributed by atoms with van der Waals surface area (Å²) in [6.45, 7) is 4.16. The molecule has 0 radical (unpaired) electrons. The Balaban J connectivity index is 2.19. The number of hydrazine groups is 1. The van der Waals surface area contributed by atoms with E-state index in [1.165, 1.54) is 11.1 Å². The lowest BCUT2D eigenvalue weighted by Crippen LogP contribution is -2.36. The quantitative estimate of drug-likeness (QED) is 0.334. The summed E-state index contributed by atoms with van der Waals surface area (Å²) in [6.07, 6.45) is 0. The predicted octanol–water partition coefficient (Wildman–Crippen LogP) is 2.87. The third kappa shape index (κ3) is 3.56. The standard InChI is InChI=1S/C15H18N4/c1-11-8-9-14(10-12(11)2)18-15(19-16)17-13-6-4-3-5-7-13/h3-10H,16H2,1-2H3,(H2,17,18,19). The van der Waals surface area contributed by atoms with Crippen LogP contribution in [0.5, 0.6) is 0 Å². The highest BCUT2D eigenvalue weighted by Gasteiger charge is 2.00. The molecule has 0 aliphatic heterocycles. The van der Waals surface area contributed by atoms with Gasteiger partial charge in [-0.3, -0.25) is 5.43 Å². The Labute approximate surface area is 113 Å². The molecular weight excluding hydrogens is 236 g/mol. The Morgan fingerprint density at radius 3 is 2.37 bits per heavy atom. The van der Waals surface area contributed by atoms with Crippen molar-refractivity contribution in [1.29, 1.82) is 0 Å². The average molecular weight is 254 g/mol. The van der Waals surface area contributed by atoms with E-state index in [1.54, 1.807) is 0 Å². The van der Waals surface area contributed by atoms with Crippen LogP contribution in [0.1, 0.15) is 11.1 Å². The van der Waals surface area contributed by atoms with Crippen LogP contribution < -0.4 is 16.6 Å². The van der Waals surface area contributed by atoms with Gasteiger partial charge in [0.1, 0.15) is 0 Å². The predicted molar refractivity (Wildman–Crippen MR) is 80.4 cm³/mol. The van der Waals surface area contributed by atoms with Gasteiger partial charge >= 0.3 is 0 Å². The van der Waals surface area contributed by atoms with Gasteiger partial charge < -0.3 is 5.32 Å². The molecule has 0 heterocycles. The van der Waals surface area contributed by atoms with E-state index >= 15 is 0 Å². The van der Waals surface area contributed by atoms with E-state index < -0.39 is 0 Å². The molecule has 0 aromatic heterocycles. The number of nitrogens with one attached hydrogen (secondary N) is 2. The summed E-state index contributed by atoms with van der Waals surface area (Å²) in [5, 5.41) is 3.16. The first-order valence-electron chi connectivity index (χ1n) is 6.13. The van der Waals surface area contributed by atoms with Gasteiger partial charge in [-0.1, -0.05) is 24.3 Å². The van der Waals surface area contributed by atoms with Gasteiger partial charge in [-0.05, 0) is 49.2 Å². The van der Waals surface area contributed by atoms with E-state index in [0.717, 1.165) is 11.4 Å². The topological polar surface area (TPSA) is 62.4 Å². The summed E-state index contributed by atoms with van der Waals surface area (Å²) >= 11 is 0. The molecule has 0 amide bonds. The monoisotopic (exact) mass is 254 g/mol. The number of nitrogens with two attached hydrogens (primary N) is 1. The van der Waals surface area contributed by atoms with Crippen LogP contribution in [0.3, 0.4) is 0 Å². The molecule has 0 unspecified atom stereocenters. The fourth-order valence-electron chi connectivity index (χ4n) is 1.68. The number of guanidine groups is 1. The highest BCUT2D eigenvalue weighted by atomic mass is 15.3. The Morgan fingerprint density at radius 2 is 1.74 bits per heavy atom. The van der Waals surface area contributed by atoms with Crippen LogP contribution in [0, 0.1) is 13.8 Å². The van der Waals surface area contributed by atoms with Gasteiger partial charge in [0.05, 0.1) is 5.69 Å². The van der Waals surface area contributed by atoms with Gasteiger partial charge in [0, 0.05) is 5.69 Å². The van der Waals surface area contributed by atoms with Gasteiger partial charge in [-0.25, -0.2) is 10.8 Å². The smallest absolute Gasteiger partial charge is 0.215 e. The van der Waals surface area contributed by atoms with Crippen molar-refractivity contribution in [2.45, 2.75) is 13.8 Å². The first-order valence-corrected chi connectivity index (χ1v) is 6.13. The molecule has 0 aliphatic carbocycles. The fraction of sp³-hybridized carbons (Fsp3) is 0.133. The minimum absolute atomic E-state index is 0.509. The zero-order valence-electron chi connectivity index (χ0n) is 11.1. The van der Waals surface area contributed by atoms with E-state index in [0.29, 0.717) is 5.96 Å². The van der Waals surface area contributed by atoms with Crippen molar-refractivity contribution in [2.24, 2.45) is 10.8 Å². The minimum atomic E-state index is 0.509. The van der Waals surface area contributed by atoms with E-state index in [2.05, 4.69) is 41.7 Å². The van der Waals surface area contributed by atoms with Crippen molar-refractivity contribution < 1.29 is 0 Å². The van der Waals surface area contributed by atoms with E-state index in [9.17, 15) is 0 Å². The Bertz CT molecular complexity index is 576. The molecule has 0 saturated carbocycles. The second kappa shape index (κ2) is 6.02. The zero-order valence-corrected chi connectivity index (χ0v) is 11.1. The minimum Gasteiger partial charge on any atom is -0.325 e. The molecule has 4 heteroatoms. The number of aryl methyl sites for hydroxylation is 2. The van der Waals surface area contributed by atoms with Crippen LogP contribution in [0.2, 0.25) is 0 Å². The van der Waals surface area contributed by atoms with Crippen LogP contribution in [0.25, 0.3) is 0 Å². The van der Waals surface area contributed by atoms with Crippen molar-refractivity contribution >= 4 is 17.3 Å². The lowest BCUT2D eigenvalue weighted by molar-refractivity contribution is 1.02. The first-order chi connectivity index (χ1) is 9.19. The molecule has 2 rings (SSSR count). The molecule has 19 heavy (non-hydrogen) atoms. The molecule has 0 bridgehead atoms. The molecule has 2 aromatic carbocycles. The molecular formula is C15H18N4. The number of para-hydroxylation sites is 1. The molecule has 4 nitrogen and oxygen atoms in total. The second-order valence-corrected chi connectivity index (χ2v) is 4.36. The summed E-state index contributed by atoms with van der Waals surface area (Å²) in [6, 6.07) is 15.8.